The minimum atomic E-state index is 0.0212. The first-order valence-corrected chi connectivity index (χ1v) is 6.38. The van der Waals surface area contributed by atoms with E-state index in [1.807, 2.05) is 13.0 Å². The Morgan fingerprint density at radius 1 is 1.41 bits per heavy atom. The van der Waals surface area contributed by atoms with Gasteiger partial charge in [-0.3, -0.25) is 4.90 Å². The fourth-order valence-corrected chi connectivity index (χ4v) is 2.01. The summed E-state index contributed by atoms with van der Waals surface area (Å²) < 4.78 is 0. The molecule has 0 spiro atoms. The quantitative estimate of drug-likeness (QED) is 0.810. The van der Waals surface area contributed by atoms with E-state index in [0.717, 1.165) is 30.2 Å². The Morgan fingerprint density at radius 3 is 2.71 bits per heavy atom. The Kier molecular flexibility index (Phi) is 5.77. The molecule has 0 radical (unpaired) electrons. The molecular weight excluding hydrogens is 255 g/mol. The van der Waals surface area contributed by atoms with Crippen LogP contribution in [-0.4, -0.2) is 18.0 Å². The van der Waals surface area contributed by atoms with Crippen molar-refractivity contribution < 1.29 is 0 Å². The number of benzene rings is 1. The molecule has 0 fully saturated rings. The lowest BCUT2D eigenvalue weighted by molar-refractivity contribution is 0.260. The van der Waals surface area contributed by atoms with Crippen LogP contribution >= 0.6 is 23.2 Å². The lowest BCUT2D eigenvalue weighted by Crippen LogP contribution is -2.27. The Bertz CT molecular complexity index is 412. The van der Waals surface area contributed by atoms with Crippen LogP contribution in [-0.2, 0) is 6.54 Å². The van der Waals surface area contributed by atoms with Gasteiger partial charge in [0.2, 0.25) is 0 Å². The minimum Gasteiger partial charge on any atom is -0.298 e. The van der Waals surface area contributed by atoms with E-state index in [0.29, 0.717) is 5.02 Å². The van der Waals surface area contributed by atoms with Gasteiger partial charge in [-0.15, -0.1) is 0 Å². The molecule has 0 aliphatic heterocycles. The van der Waals surface area contributed by atoms with Gasteiger partial charge in [-0.25, -0.2) is 0 Å². The van der Waals surface area contributed by atoms with E-state index in [2.05, 4.69) is 17.9 Å². The van der Waals surface area contributed by atoms with Gasteiger partial charge in [0, 0.05) is 23.1 Å². The van der Waals surface area contributed by atoms with Crippen LogP contribution in [0.2, 0.25) is 10.0 Å². The molecule has 92 valence electrons. The normalized spacial score (nSPS) is 12.5. The fourth-order valence-electron chi connectivity index (χ4n) is 1.64. The van der Waals surface area contributed by atoms with E-state index < -0.39 is 0 Å². The van der Waals surface area contributed by atoms with Crippen molar-refractivity contribution in [3.63, 3.8) is 0 Å². The van der Waals surface area contributed by atoms with Gasteiger partial charge >= 0.3 is 0 Å². The molecule has 1 atom stereocenters. The molecule has 1 aromatic rings. The third-order valence-corrected chi connectivity index (χ3v) is 3.21. The van der Waals surface area contributed by atoms with E-state index in [4.69, 9.17) is 28.5 Å². The maximum Gasteiger partial charge on any atom is 0.0666 e. The molecule has 0 heterocycles. The zero-order valence-corrected chi connectivity index (χ0v) is 11.6. The van der Waals surface area contributed by atoms with E-state index >= 15 is 0 Å². The van der Waals surface area contributed by atoms with Gasteiger partial charge in [-0.2, -0.15) is 5.26 Å². The molecule has 0 amide bonds. The zero-order valence-electron chi connectivity index (χ0n) is 10.1. The van der Waals surface area contributed by atoms with Crippen LogP contribution in [0.4, 0.5) is 0 Å². The SMILES string of the molecule is CCN(Cc1cc(Cl)ccc1Cl)CC(C)C#N. The first kappa shape index (κ1) is 14.3. The van der Waals surface area contributed by atoms with Crippen molar-refractivity contribution in [2.75, 3.05) is 13.1 Å². The number of nitriles is 1. The van der Waals surface area contributed by atoms with Crippen LogP contribution in [0.5, 0.6) is 0 Å². The average molecular weight is 271 g/mol. The third kappa shape index (κ3) is 4.55. The smallest absolute Gasteiger partial charge is 0.0666 e. The van der Waals surface area contributed by atoms with Gasteiger partial charge in [0.1, 0.15) is 0 Å². The van der Waals surface area contributed by atoms with Gasteiger partial charge in [0.25, 0.3) is 0 Å². The molecule has 0 saturated heterocycles. The zero-order chi connectivity index (χ0) is 12.8. The minimum absolute atomic E-state index is 0.0212. The number of nitrogens with zero attached hydrogens (tertiary/aromatic N) is 2. The van der Waals surface area contributed by atoms with Crippen molar-refractivity contribution in [1.82, 2.24) is 4.90 Å². The van der Waals surface area contributed by atoms with E-state index in [-0.39, 0.29) is 5.92 Å². The molecule has 0 saturated carbocycles. The molecule has 4 heteroatoms. The first-order valence-electron chi connectivity index (χ1n) is 5.62. The monoisotopic (exact) mass is 270 g/mol. The van der Waals surface area contributed by atoms with Gasteiger partial charge in [-0.05, 0) is 37.2 Å². The Labute approximate surface area is 113 Å². The summed E-state index contributed by atoms with van der Waals surface area (Å²) in [6, 6.07) is 7.71. The average Bonchev–Trinajstić information content (AvgIpc) is 2.32. The predicted molar refractivity (Wildman–Crippen MR) is 72.2 cm³/mol. The largest absolute Gasteiger partial charge is 0.298 e. The number of hydrogen-bond acceptors (Lipinski definition) is 2. The van der Waals surface area contributed by atoms with Crippen LogP contribution in [0.3, 0.4) is 0 Å². The van der Waals surface area contributed by atoms with Crippen molar-refractivity contribution >= 4 is 23.2 Å². The predicted octanol–water partition coefficient (Wildman–Crippen LogP) is 3.97. The second-order valence-electron chi connectivity index (χ2n) is 4.09. The van der Waals surface area contributed by atoms with Crippen LogP contribution in [0, 0.1) is 17.2 Å². The van der Waals surface area contributed by atoms with Crippen molar-refractivity contribution in [2.45, 2.75) is 20.4 Å². The molecule has 0 aliphatic carbocycles. The van der Waals surface area contributed by atoms with Gasteiger partial charge < -0.3 is 0 Å². The number of halogens is 2. The van der Waals surface area contributed by atoms with Gasteiger partial charge in [-0.1, -0.05) is 30.1 Å². The molecule has 0 aromatic heterocycles. The fraction of sp³-hybridized carbons (Fsp3) is 0.462. The molecule has 1 aromatic carbocycles. The highest BCUT2D eigenvalue weighted by Gasteiger charge is 2.10. The summed E-state index contributed by atoms with van der Waals surface area (Å²) in [5.41, 5.74) is 1.01. The van der Waals surface area contributed by atoms with Crippen molar-refractivity contribution in [1.29, 1.82) is 5.26 Å². The highest BCUT2D eigenvalue weighted by atomic mass is 35.5. The maximum atomic E-state index is 8.82. The standard InChI is InChI=1S/C13H16Cl2N2/c1-3-17(8-10(2)7-16)9-11-6-12(14)4-5-13(11)15/h4-6,10H,3,8-9H2,1-2H3. The number of rotatable bonds is 5. The lowest BCUT2D eigenvalue weighted by atomic mass is 10.1. The molecule has 17 heavy (non-hydrogen) atoms. The highest BCUT2D eigenvalue weighted by molar-refractivity contribution is 6.33. The number of hydrogen-bond donors (Lipinski definition) is 0. The first-order chi connectivity index (χ1) is 8.06. The summed E-state index contributed by atoms with van der Waals surface area (Å²) in [6.07, 6.45) is 0. The summed E-state index contributed by atoms with van der Waals surface area (Å²) in [5.74, 6) is 0.0212. The van der Waals surface area contributed by atoms with Crippen LogP contribution in [0.25, 0.3) is 0 Å². The van der Waals surface area contributed by atoms with E-state index in [1.54, 1.807) is 12.1 Å². The van der Waals surface area contributed by atoms with E-state index in [9.17, 15) is 0 Å². The molecule has 1 unspecified atom stereocenters. The Balaban J connectivity index is 2.74. The lowest BCUT2D eigenvalue weighted by Gasteiger charge is -2.22. The summed E-state index contributed by atoms with van der Waals surface area (Å²) in [5, 5.41) is 10.2. The molecule has 0 N–H and O–H groups in total. The van der Waals surface area contributed by atoms with Crippen LogP contribution in [0.1, 0.15) is 19.4 Å². The van der Waals surface area contributed by atoms with Crippen molar-refractivity contribution in [3.05, 3.63) is 33.8 Å². The van der Waals surface area contributed by atoms with Crippen molar-refractivity contribution in [2.24, 2.45) is 5.92 Å². The Hall–Kier alpha value is -0.750. The summed E-state index contributed by atoms with van der Waals surface area (Å²) >= 11 is 12.1. The van der Waals surface area contributed by atoms with Crippen LogP contribution in [0.15, 0.2) is 18.2 Å². The summed E-state index contributed by atoms with van der Waals surface area (Å²) in [7, 11) is 0. The third-order valence-electron chi connectivity index (χ3n) is 2.60. The van der Waals surface area contributed by atoms with E-state index in [1.165, 1.54) is 0 Å². The maximum absolute atomic E-state index is 8.82. The van der Waals surface area contributed by atoms with Crippen LogP contribution < -0.4 is 0 Å². The molecule has 0 bridgehead atoms. The summed E-state index contributed by atoms with van der Waals surface area (Å²) in [4.78, 5) is 2.19. The highest BCUT2D eigenvalue weighted by Crippen LogP contribution is 2.22. The second-order valence-corrected chi connectivity index (χ2v) is 4.94. The topological polar surface area (TPSA) is 27.0 Å². The molecule has 2 nitrogen and oxygen atoms in total. The van der Waals surface area contributed by atoms with Gasteiger partial charge in [0.15, 0.2) is 0 Å². The van der Waals surface area contributed by atoms with Crippen molar-refractivity contribution in [3.8, 4) is 6.07 Å². The molecule has 0 aliphatic rings. The Morgan fingerprint density at radius 2 is 2.12 bits per heavy atom. The van der Waals surface area contributed by atoms with Gasteiger partial charge in [0.05, 0.1) is 12.0 Å². The molecule has 1 rings (SSSR count). The summed E-state index contributed by atoms with van der Waals surface area (Å²) in [6.45, 7) is 6.34. The second kappa shape index (κ2) is 6.86. The molecular formula is C13H16Cl2N2.